The quantitative estimate of drug-likeness (QED) is 0.242. The molecule has 0 aromatic carbocycles. The molecule has 0 spiro atoms. The van der Waals surface area contributed by atoms with E-state index in [0.717, 1.165) is 0 Å². The van der Waals surface area contributed by atoms with Crippen molar-refractivity contribution < 1.29 is 34.4 Å². The number of aliphatic carboxylic acids is 1. The molecule has 1 atom stereocenters. The Morgan fingerprint density at radius 3 is 2.17 bits per heavy atom. The summed E-state index contributed by atoms with van der Waals surface area (Å²) in [6, 6.07) is 0. The molecule has 7 nitrogen and oxygen atoms in total. The van der Waals surface area contributed by atoms with Gasteiger partial charge in [-0.1, -0.05) is 0 Å². The highest BCUT2D eigenvalue weighted by atomic mass is 16.6. The first-order valence-electron chi connectivity index (χ1n) is 2.77. The second-order valence-corrected chi connectivity index (χ2v) is 1.71. The molecular weight excluding hydrogens is 172 g/mol. The van der Waals surface area contributed by atoms with Gasteiger partial charge in [0.05, 0.1) is 6.61 Å². The van der Waals surface area contributed by atoms with Crippen molar-refractivity contribution >= 4 is 17.9 Å². The fraction of sp³-hybridized carbons (Fsp3) is 0.400. The third-order valence-electron chi connectivity index (χ3n) is 0.813. The van der Waals surface area contributed by atoms with Crippen LogP contribution in [0.3, 0.4) is 0 Å². The van der Waals surface area contributed by atoms with Crippen molar-refractivity contribution in [3.05, 3.63) is 0 Å². The molecule has 12 heavy (non-hydrogen) atoms. The minimum absolute atomic E-state index is 0.939. The van der Waals surface area contributed by atoms with Gasteiger partial charge in [0.1, 0.15) is 0 Å². The molecule has 0 rings (SSSR count). The van der Waals surface area contributed by atoms with Crippen LogP contribution in [-0.4, -0.2) is 45.9 Å². The van der Waals surface area contributed by atoms with Crippen molar-refractivity contribution in [2.24, 2.45) is 0 Å². The molecule has 0 aliphatic rings. The number of hydrogen-bond acceptors (Lipinski definition) is 6. The van der Waals surface area contributed by atoms with Gasteiger partial charge >= 0.3 is 17.9 Å². The molecule has 0 aliphatic carbocycles. The molecule has 0 saturated heterocycles. The predicted molar refractivity (Wildman–Crippen MR) is 31.8 cm³/mol. The molecule has 1 unspecified atom stereocenters. The smallest absolute Gasteiger partial charge is 0.424 e. The van der Waals surface area contributed by atoms with E-state index in [4.69, 9.17) is 15.3 Å². The number of esters is 2. The number of rotatable bonds is 2. The Kier molecular flexibility index (Phi) is 3.88. The molecule has 0 amide bonds. The van der Waals surface area contributed by atoms with Gasteiger partial charge < -0.3 is 20.1 Å². The van der Waals surface area contributed by atoms with Crippen LogP contribution in [0.25, 0.3) is 0 Å². The van der Waals surface area contributed by atoms with E-state index in [2.05, 4.69) is 4.74 Å². The predicted octanol–water partition coefficient (Wildman–Crippen LogP) is -2.51. The lowest BCUT2D eigenvalue weighted by Gasteiger charge is -2.03. The van der Waals surface area contributed by atoms with Crippen molar-refractivity contribution in [3.63, 3.8) is 0 Å². The number of hydrogen-bond donors (Lipinski definition) is 3. The number of ether oxygens (including phenoxy) is 1. The minimum atomic E-state index is -1.95. The lowest BCUT2D eigenvalue weighted by Crippen LogP contribution is -2.31. The number of carbonyl (C=O) groups is 3. The van der Waals surface area contributed by atoms with E-state index in [1.54, 1.807) is 0 Å². The standard InChI is InChI=1S/C5H6O7/c6-1-2(7)4(10)12-5(11)3(8)9/h2,6-7H,1H2,(H,8,9). The lowest BCUT2D eigenvalue weighted by molar-refractivity contribution is -0.175. The molecule has 0 saturated carbocycles. The largest absolute Gasteiger partial charge is 0.473 e. The summed E-state index contributed by atoms with van der Waals surface area (Å²) in [6.07, 6.45) is -1.90. The summed E-state index contributed by atoms with van der Waals surface area (Å²) in [5, 5.41) is 24.5. The monoisotopic (exact) mass is 178 g/mol. The first-order chi connectivity index (χ1) is 5.49. The van der Waals surface area contributed by atoms with E-state index in [1.807, 2.05) is 0 Å². The molecule has 7 heteroatoms. The van der Waals surface area contributed by atoms with Crippen LogP contribution in [0.15, 0.2) is 0 Å². The Bertz CT molecular complexity index is 208. The van der Waals surface area contributed by atoms with Gasteiger partial charge in [-0.05, 0) is 0 Å². The molecule has 0 fully saturated rings. The van der Waals surface area contributed by atoms with Crippen molar-refractivity contribution in [3.8, 4) is 0 Å². The second kappa shape index (κ2) is 4.42. The summed E-state index contributed by atoms with van der Waals surface area (Å²) in [5.74, 6) is -5.24. The van der Waals surface area contributed by atoms with E-state index in [9.17, 15) is 14.4 Å². The van der Waals surface area contributed by atoms with Gasteiger partial charge in [-0.15, -0.1) is 0 Å². The molecule has 0 aromatic rings. The van der Waals surface area contributed by atoms with Gasteiger partial charge in [0.2, 0.25) is 0 Å². The number of carboxylic acid groups (broad SMARTS) is 1. The first-order valence-corrected chi connectivity index (χ1v) is 2.77. The van der Waals surface area contributed by atoms with Gasteiger partial charge in [0.25, 0.3) is 0 Å². The fourth-order valence-electron chi connectivity index (χ4n) is 0.278. The summed E-state index contributed by atoms with van der Waals surface area (Å²) in [6.45, 7) is -0.939. The second-order valence-electron chi connectivity index (χ2n) is 1.71. The van der Waals surface area contributed by atoms with E-state index in [-0.39, 0.29) is 0 Å². The Morgan fingerprint density at radius 1 is 1.33 bits per heavy atom. The average molecular weight is 178 g/mol. The van der Waals surface area contributed by atoms with Gasteiger partial charge in [0, 0.05) is 0 Å². The van der Waals surface area contributed by atoms with Crippen molar-refractivity contribution in [2.45, 2.75) is 6.10 Å². The Morgan fingerprint density at radius 2 is 1.83 bits per heavy atom. The zero-order valence-corrected chi connectivity index (χ0v) is 5.76. The third kappa shape index (κ3) is 3.08. The van der Waals surface area contributed by atoms with Gasteiger partial charge in [0.15, 0.2) is 6.10 Å². The van der Waals surface area contributed by atoms with Crippen molar-refractivity contribution in [1.29, 1.82) is 0 Å². The highest BCUT2D eigenvalue weighted by Crippen LogP contribution is 1.88. The molecule has 3 N–H and O–H groups in total. The lowest BCUT2D eigenvalue weighted by atomic mass is 10.4. The van der Waals surface area contributed by atoms with Crippen LogP contribution >= 0.6 is 0 Å². The third-order valence-corrected chi connectivity index (χ3v) is 0.813. The Labute approximate surface area is 66.2 Å². The molecule has 68 valence electrons. The minimum Gasteiger partial charge on any atom is -0.473 e. The van der Waals surface area contributed by atoms with E-state index in [1.165, 1.54) is 0 Å². The summed E-state index contributed by atoms with van der Waals surface area (Å²) in [5.41, 5.74) is 0. The molecule has 0 bridgehead atoms. The normalized spacial score (nSPS) is 11.8. The Balaban J connectivity index is 4.01. The van der Waals surface area contributed by atoms with Crippen LogP contribution in [0.1, 0.15) is 0 Å². The highest BCUT2D eigenvalue weighted by molar-refractivity contribution is 6.30. The van der Waals surface area contributed by atoms with Crippen LogP contribution in [0.2, 0.25) is 0 Å². The topological polar surface area (TPSA) is 121 Å². The Hall–Kier alpha value is -1.47. The van der Waals surface area contributed by atoms with Crippen LogP contribution in [0.5, 0.6) is 0 Å². The maximum Gasteiger partial charge on any atom is 0.424 e. The van der Waals surface area contributed by atoms with E-state index >= 15 is 0 Å². The summed E-state index contributed by atoms with van der Waals surface area (Å²) < 4.78 is 3.58. The average Bonchev–Trinajstić information content (AvgIpc) is 2.02. The van der Waals surface area contributed by atoms with Crippen LogP contribution in [0, 0.1) is 0 Å². The molecule has 0 aromatic heterocycles. The zero-order valence-electron chi connectivity index (χ0n) is 5.76. The van der Waals surface area contributed by atoms with Crippen LogP contribution in [0.4, 0.5) is 0 Å². The number of aliphatic hydroxyl groups is 2. The number of carboxylic acids is 1. The van der Waals surface area contributed by atoms with E-state index in [0.29, 0.717) is 0 Å². The van der Waals surface area contributed by atoms with Crippen LogP contribution < -0.4 is 0 Å². The summed E-state index contributed by atoms with van der Waals surface area (Å²) in [7, 11) is 0. The molecular formula is C5H6O7. The summed E-state index contributed by atoms with van der Waals surface area (Å²) >= 11 is 0. The SMILES string of the molecule is O=C(O)C(=O)OC(=O)C(O)CO. The summed E-state index contributed by atoms with van der Waals surface area (Å²) in [4.78, 5) is 30.3. The van der Waals surface area contributed by atoms with Gasteiger partial charge in [-0.25, -0.2) is 14.4 Å². The highest BCUT2D eigenvalue weighted by Gasteiger charge is 2.23. The van der Waals surface area contributed by atoms with Gasteiger partial charge in [-0.2, -0.15) is 0 Å². The molecule has 0 heterocycles. The van der Waals surface area contributed by atoms with E-state index < -0.39 is 30.6 Å². The maximum absolute atomic E-state index is 10.4. The first kappa shape index (κ1) is 10.5. The molecule has 0 radical (unpaired) electrons. The fourth-order valence-corrected chi connectivity index (χ4v) is 0.278. The zero-order chi connectivity index (χ0) is 9.72. The van der Waals surface area contributed by atoms with Gasteiger partial charge in [-0.3, -0.25) is 0 Å². The maximum atomic E-state index is 10.4. The van der Waals surface area contributed by atoms with Crippen LogP contribution in [-0.2, 0) is 19.1 Å². The number of aliphatic hydroxyl groups excluding tert-OH is 2. The molecule has 0 aliphatic heterocycles. The number of carbonyl (C=O) groups excluding carboxylic acids is 2. The van der Waals surface area contributed by atoms with Crippen molar-refractivity contribution in [1.82, 2.24) is 0 Å². The van der Waals surface area contributed by atoms with Crippen molar-refractivity contribution in [2.75, 3.05) is 6.61 Å².